The van der Waals surface area contributed by atoms with Crippen molar-refractivity contribution in [2.24, 2.45) is 5.92 Å². The Morgan fingerprint density at radius 1 is 0.943 bits per heavy atom. The van der Waals surface area contributed by atoms with Gasteiger partial charge in [-0.05, 0) is 65.8 Å². The summed E-state index contributed by atoms with van der Waals surface area (Å²) >= 11 is 3.94. The van der Waals surface area contributed by atoms with Crippen molar-refractivity contribution in [3.8, 4) is 11.4 Å². The molecule has 1 aliphatic carbocycles. The minimum absolute atomic E-state index is 0.0133. The second-order valence-corrected chi connectivity index (χ2v) is 8.73. The molecule has 1 aliphatic rings. The van der Waals surface area contributed by atoms with Gasteiger partial charge < -0.3 is 15.6 Å². The van der Waals surface area contributed by atoms with Gasteiger partial charge in [-0.25, -0.2) is 4.98 Å². The lowest BCUT2D eigenvalue weighted by molar-refractivity contribution is -0.117. The van der Waals surface area contributed by atoms with Crippen molar-refractivity contribution >= 4 is 46.9 Å². The van der Waals surface area contributed by atoms with E-state index in [2.05, 4.69) is 45.4 Å². The average Bonchev–Trinajstić information content (AvgIpc) is 3.57. The van der Waals surface area contributed by atoms with Crippen LogP contribution in [0.2, 0.25) is 0 Å². The summed E-state index contributed by atoms with van der Waals surface area (Å²) in [6.45, 7) is 0. The molecular weight excluding hydrogens is 456 g/mol. The molecule has 2 unspecified atom stereocenters. The molecule has 0 saturated heterocycles. The zero-order valence-corrected chi connectivity index (χ0v) is 19.7. The highest BCUT2D eigenvalue weighted by atomic mass is 32.1. The third-order valence-corrected chi connectivity index (χ3v) is 6.15. The first-order chi connectivity index (χ1) is 17.1. The van der Waals surface area contributed by atoms with E-state index in [1.807, 2.05) is 60.7 Å². The summed E-state index contributed by atoms with van der Waals surface area (Å²) in [5.74, 6) is 0.856. The normalized spacial score (nSPS) is 17.2. The van der Waals surface area contributed by atoms with Gasteiger partial charge in [-0.3, -0.25) is 9.59 Å². The molecule has 3 aromatic carbocycles. The Kier molecular flexibility index (Phi) is 6.50. The summed E-state index contributed by atoms with van der Waals surface area (Å²) in [4.78, 5) is 32.6. The van der Waals surface area contributed by atoms with Crippen molar-refractivity contribution in [1.29, 1.82) is 0 Å². The number of fused-ring (bicyclic) bond motifs is 1. The molecule has 1 heterocycles. The third-order valence-electron chi connectivity index (χ3n) is 5.98. The fourth-order valence-electron chi connectivity index (χ4n) is 4.10. The second kappa shape index (κ2) is 10.0. The minimum atomic E-state index is -0.219. The van der Waals surface area contributed by atoms with E-state index >= 15 is 0 Å². The topological polar surface area (TPSA) is 86.9 Å². The molecule has 7 heteroatoms. The number of H-pyrrole nitrogens is 1. The quantitative estimate of drug-likeness (QED) is 0.151. The lowest BCUT2D eigenvalue weighted by Crippen LogP contribution is -2.14. The van der Waals surface area contributed by atoms with E-state index in [-0.39, 0.29) is 17.7 Å². The first-order valence-corrected chi connectivity index (χ1v) is 11.9. The Morgan fingerprint density at radius 3 is 2.49 bits per heavy atom. The number of nitrogens with zero attached hydrogens (tertiary/aromatic N) is 1. The molecule has 1 aromatic heterocycles. The molecular formula is C28H24N4O2S. The molecule has 0 bridgehead atoms. The number of hydrogen-bond donors (Lipinski definition) is 4. The summed E-state index contributed by atoms with van der Waals surface area (Å²) in [5.41, 5.74) is 5.19. The maximum atomic E-state index is 12.7. The van der Waals surface area contributed by atoms with Gasteiger partial charge in [-0.15, -0.1) is 0 Å². The van der Waals surface area contributed by atoms with Crippen LogP contribution in [0.1, 0.15) is 17.9 Å². The number of aromatic amines is 1. The Balaban J connectivity index is 1.24. The Bertz CT molecular complexity index is 1420. The SMILES string of the molecule is O=C(/C=C/C=C\S)Nc1ccc(-c2nc3ccc(NC(=O)C4CC4c4ccccc4)cc3[nH]2)cc1. The molecule has 0 aliphatic heterocycles. The first kappa shape index (κ1) is 22.7. The van der Waals surface area contributed by atoms with Gasteiger partial charge in [-0.1, -0.05) is 42.5 Å². The van der Waals surface area contributed by atoms with Gasteiger partial charge in [0.1, 0.15) is 5.82 Å². The average molecular weight is 481 g/mol. The van der Waals surface area contributed by atoms with Crippen molar-refractivity contribution in [3.05, 3.63) is 102 Å². The third kappa shape index (κ3) is 5.36. The number of carbonyl (C=O) groups excluding carboxylic acids is 2. The van der Waals surface area contributed by atoms with Gasteiger partial charge in [0.15, 0.2) is 0 Å². The zero-order valence-electron chi connectivity index (χ0n) is 18.8. The molecule has 174 valence electrons. The van der Waals surface area contributed by atoms with E-state index in [4.69, 9.17) is 0 Å². The molecule has 4 aromatic rings. The fraction of sp³-hybridized carbons (Fsp3) is 0.107. The van der Waals surface area contributed by atoms with Crippen molar-refractivity contribution in [3.63, 3.8) is 0 Å². The molecule has 6 nitrogen and oxygen atoms in total. The number of nitrogens with one attached hydrogen (secondary N) is 3. The summed E-state index contributed by atoms with van der Waals surface area (Å²) < 4.78 is 0. The van der Waals surface area contributed by atoms with E-state index in [0.29, 0.717) is 17.4 Å². The summed E-state index contributed by atoms with van der Waals surface area (Å²) in [7, 11) is 0. The number of imidazole rings is 1. The number of rotatable bonds is 7. The number of aromatic nitrogens is 2. The smallest absolute Gasteiger partial charge is 0.248 e. The molecule has 2 amide bonds. The lowest BCUT2D eigenvalue weighted by Gasteiger charge is -2.05. The van der Waals surface area contributed by atoms with Crippen LogP contribution in [0.3, 0.4) is 0 Å². The molecule has 5 rings (SSSR count). The van der Waals surface area contributed by atoms with Crippen LogP contribution in [-0.4, -0.2) is 21.8 Å². The summed E-state index contributed by atoms with van der Waals surface area (Å²) in [6, 6.07) is 23.3. The first-order valence-electron chi connectivity index (χ1n) is 11.3. The molecule has 35 heavy (non-hydrogen) atoms. The number of carbonyl (C=O) groups is 2. The van der Waals surface area contributed by atoms with E-state index in [9.17, 15) is 9.59 Å². The van der Waals surface area contributed by atoms with Crippen LogP contribution >= 0.6 is 12.6 Å². The van der Waals surface area contributed by atoms with Crippen molar-refractivity contribution in [1.82, 2.24) is 9.97 Å². The molecule has 0 radical (unpaired) electrons. The van der Waals surface area contributed by atoms with Gasteiger partial charge in [0.05, 0.1) is 11.0 Å². The van der Waals surface area contributed by atoms with Crippen LogP contribution in [0, 0.1) is 5.92 Å². The lowest BCUT2D eigenvalue weighted by atomic mass is 10.1. The summed E-state index contributed by atoms with van der Waals surface area (Å²) in [6.07, 6.45) is 5.60. The summed E-state index contributed by atoms with van der Waals surface area (Å²) in [5, 5.41) is 7.40. The van der Waals surface area contributed by atoms with E-state index in [1.165, 1.54) is 11.6 Å². The van der Waals surface area contributed by atoms with Crippen LogP contribution in [0.25, 0.3) is 22.4 Å². The van der Waals surface area contributed by atoms with Gasteiger partial charge in [0, 0.05) is 28.9 Å². The Hall–Kier alpha value is -4.10. The highest BCUT2D eigenvalue weighted by Crippen LogP contribution is 2.47. The van der Waals surface area contributed by atoms with Crippen LogP contribution < -0.4 is 10.6 Å². The minimum Gasteiger partial charge on any atom is -0.338 e. The molecule has 3 N–H and O–H groups in total. The van der Waals surface area contributed by atoms with E-state index in [0.717, 1.165) is 28.7 Å². The predicted octanol–water partition coefficient (Wildman–Crippen LogP) is 5.91. The van der Waals surface area contributed by atoms with Crippen molar-refractivity contribution in [2.45, 2.75) is 12.3 Å². The van der Waals surface area contributed by atoms with Gasteiger partial charge in [0.2, 0.25) is 11.8 Å². The number of anilines is 2. The molecule has 1 saturated carbocycles. The van der Waals surface area contributed by atoms with Crippen LogP contribution in [0.4, 0.5) is 11.4 Å². The van der Waals surface area contributed by atoms with Gasteiger partial charge >= 0.3 is 0 Å². The van der Waals surface area contributed by atoms with Crippen molar-refractivity contribution in [2.75, 3.05) is 10.6 Å². The maximum absolute atomic E-state index is 12.7. The molecule has 2 atom stereocenters. The highest BCUT2D eigenvalue weighted by molar-refractivity contribution is 7.83. The van der Waals surface area contributed by atoms with Gasteiger partial charge in [0.25, 0.3) is 0 Å². The fourth-order valence-corrected chi connectivity index (χ4v) is 4.20. The monoisotopic (exact) mass is 480 g/mol. The predicted molar refractivity (Wildman–Crippen MR) is 143 cm³/mol. The van der Waals surface area contributed by atoms with Gasteiger partial charge in [-0.2, -0.15) is 12.6 Å². The highest BCUT2D eigenvalue weighted by Gasteiger charge is 2.43. The standard InChI is InChI=1S/C28H24N4O2S/c33-26(8-4-5-15-35)29-20-11-9-19(10-12-20)27-31-24-14-13-21(16-25(24)32-27)30-28(34)23-17-22(23)18-6-2-1-3-7-18/h1-16,22-23,35H,17H2,(H,29,33)(H,30,34)(H,31,32)/b8-4+,15-5-. The number of thiol groups is 1. The van der Waals surface area contributed by atoms with E-state index < -0.39 is 0 Å². The van der Waals surface area contributed by atoms with E-state index in [1.54, 1.807) is 17.6 Å². The number of benzene rings is 3. The number of allylic oxidation sites excluding steroid dienone is 2. The van der Waals surface area contributed by atoms with Crippen molar-refractivity contribution < 1.29 is 9.59 Å². The number of hydrogen-bond acceptors (Lipinski definition) is 4. The van der Waals surface area contributed by atoms with Crippen LogP contribution in [0.15, 0.2) is 96.4 Å². The maximum Gasteiger partial charge on any atom is 0.248 e. The Labute approximate surface area is 208 Å². The molecule has 0 spiro atoms. The largest absolute Gasteiger partial charge is 0.338 e. The Morgan fingerprint density at radius 2 is 1.71 bits per heavy atom. The van der Waals surface area contributed by atoms with Crippen LogP contribution in [-0.2, 0) is 9.59 Å². The zero-order chi connectivity index (χ0) is 24.2. The second-order valence-electron chi connectivity index (χ2n) is 8.43. The van der Waals surface area contributed by atoms with Crippen LogP contribution in [0.5, 0.6) is 0 Å². The number of amides is 2. The molecule has 1 fully saturated rings.